The molecule has 0 radical (unpaired) electrons. The Bertz CT molecular complexity index is 397. The molecular weight excluding hydrogens is 278 g/mol. The molecule has 18 heavy (non-hydrogen) atoms. The topological polar surface area (TPSA) is 94.3 Å². The van der Waals surface area contributed by atoms with Crippen molar-refractivity contribution in [2.45, 2.75) is 19.4 Å². The van der Waals surface area contributed by atoms with E-state index in [9.17, 15) is 9.59 Å². The van der Waals surface area contributed by atoms with Crippen LogP contribution in [0.5, 0.6) is 0 Å². The molecule has 0 saturated heterocycles. The van der Waals surface area contributed by atoms with Gasteiger partial charge in [0.15, 0.2) is 0 Å². The first-order valence-corrected chi connectivity index (χ1v) is 6.04. The van der Waals surface area contributed by atoms with Gasteiger partial charge < -0.3 is 15.8 Å². The van der Waals surface area contributed by atoms with Crippen molar-refractivity contribution in [1.29, 1.82) is 0 Å². The van der Waals surface area contributed by atoms with Crippen LogP contribution in [0.3, 0.4) is 0 Å². The molecule has 0 spiro atoms. The first-order valence-electron chi connectivity index (χ1n) is 5.17. The van der Waals surface area contributed by atoms with Crippen molar-refractivity contribution in [3.8, 4) is 0 Å². The number of esters is 1. The monoisotopic (exact) mass is 293 g/mol. The Labute approximate surface area is 115 Å². The number of ether oxygens (including phenoxy) is 1. The summed E-state index contributed by atoms with van der Waals surface area (Å²) in [6.07, 6.45) is 0.841. The second-order valence-electron chi connectivity index (χ2n) is 3.27. The number of aromatic nitrogens is 1. The van der Waals surface area contributed by atoms with E-state index in [1.54, 1.807) is 5.38 Å². The zero-order valence-corrected chi connectivity index (χ0v) is 11.6. The van der Waals surface area contributed by atoms with Crippen molar-refractivity contribution in [3.05, 3.63) is 16.1 Å². The highest BCUT2D eigenvalue weighted by atomic mass is 35.5. The molecule has 1 rings (SSSR count). The summed E-state index contributed by atoms with van der Waals surface area (Å²) in [5, 5.41) is 5.06. The lowest BCUT2D eigenvalue weighted by Gasteiger charge is -2.02. The van der Waals surface area contributed by atoms with Crippen LogP contribution in [-0.2, 0) is 16.1 Å². The number of nitrogens with two attached hydrogens (primary N) is 1. The maximum absolute atomic E-state index is 11.6. The van der Waals surface area contributed by atoms with Gasteiger partial charge in [-0.2, -0.15) is 0 Å². The highest BCUT2D eigenvalue weighted by Crippen LogP contribution is 2.08. The van der Waals surface area contributed by atoms with Crippen molar-refractivity contribution in [1.82, 2.24) is 10.3 Å². The summed E-state index contributed by atoms with van der Waals surface area (Å²) in [4.78, 5) is 26.4. The minimum absolute atomic E-state index is 0. The normalized spacial score (nSPS) is 9.44. The maximum Gasteiger partial charge on any atom is 0.305 e. The second-order valence-corrected chi connectivity index (χ2v) is 4.21. The fraction of sp³-hybridized carbons (Fsp3) is 0.500. The molecule has 1 amide bonds. The third-order valence-corrected chi connectivity index (χ3v) is 2.90. The molecule has 1 heterocycles. The van der Waals surface area contributed by atoms with Crippen LogP contribution in [0.15, 0.2) is 5.38 Å². The van der Waals surface area contributed by atoms with Gasteiger partial charge in [-0.3, -0.25) is 9.59 Å². The van der Waals surface area contributed by atoms with E-state index in [-0.39, 0.29) is 24.3 Å². The summed E-state index contributed by atoms with van der Waals surface area (Å²) in [6.45, 7) is 0.754. The minimum Gasteiger partial charge on any atom is -0.469 e. The number of thiazole rings is 1. The molecular formula is C10H16ClN3O3S. The SMILES string of the molecule is COC(=O)CCCNC(=O)c1csc(CN)n1.Cl. The number of rotatable bonds is 6. The molecule has 1 aromatic rings. The van der Waals surface area contributed by atoms with Crippen molar-refractivity contribution >= 4 is 35.6 Å². The average Bonchev–Trinajstić information content (AvgIpc) is 2.82. The molecule has 0 saturated carbocycles. The van der Waals surface area contributed by atoms with Crippen LogP contribution in [0, 0.1) is 0 Å². The highest BCUT2D eigenvalue weighted by Gasteiger charge is 2.09. The van der Waals surface area contributed by atoms with Crippen LogP contribution in [0.25, 0.3) is 0 Å². The standard InChI is InChI=1S/C10H15N3O3S.ClH/c1-16-9(14)3-2-4-12-10(15)7-6-17-8(5-11)13-7;/h6H,2-5,11H2,1H3,(H,12,15);1H. The lowest BCUT2D eigenvalue weighted by molar-refractivity contribution is -0.140. The summed E-state index contributed by atoms with van der Waals surface area (Å²) >= 11 is 1.35. The van der Waals surface area contributed by atoms with Gasteiger partial charge in [-0.15, -0.1) is 23.7 Å². The molecule has 0 fully saturated rings. The number of amides is 1. The van der Waals surface area contributed by atoms with Gasteiger partial charge in [-0.05, 0) is 6.42 Å². The Morgan fingerprint density at radius 2 is 2.28 bits per heavy atom. The average molecular weight is 294 g/mol. The van der Waals surface area contributed by atoms with Crippen molar-refractivity contribution in [2.24, 2.45) is 5.73 Å². The Kier molecular flexibility index (Phi) is 8.27. The van der Waals surface area contributed by atoms with Gasteiger partial charge in [0.1, 0.15) is 10.7 Å². The van der Waals surface area contributed by atoms with Gasteiger partial charge >= 0.3 is 5.97 Å². The molecule has 0 aliphatic heterocycles. The Morgan fingerprint density at radius 3 is 2.83 bits per heavy atom. The number of carbonyl (C=O) groups is 2. The van der Waals surface area contributed by atoms with Crippen LogP contribution in [0.2, 0.25) is 0 Å². The van der Waals surface area contributed by atoms with Crippen LogP contribution >= 0.6 is 23.7 Å². The third-order valence-electron chi connectivity index (χ3n) is 2.03. The van der Waals surface area contributed by atoms with E-state index in [0.717, 1.165) is 5.01 Å². The van der Waals surface area contributed by atoms with E-state index in [1.807, 2.05) is 0 Å². The fourth-order valence-corrected chi connectivity index (χ4v) is 1.79. The summed E-state index contributed by atoms with van der Waals surface area (Å²) in [7, 11) is 1.34. The fourth-order valence-electron chi connectivity index (χ4n) is 1.14. The molecule has 1 aromatic heterocycles. The third kappa shape index (κ3) is 5.44. The number of methoxy groups -OCH3 is 1. The summed E-state index contributed by atoms with van der Waals surface area (Å²) in [5.74, 6) is -0.524. The van der Waals surface area contributed by atoms with Crippen LogP contribution in [-0.4, -0.2) is 30.5 Å². The molecule has 6 nitrogen and oxygen atoms in total. The molecule has 3 N–H and O–H groups in total. The Morgan fingerprint density at radius 1 is 1.56 bits per heavy atom. The number of hydrogen-bond donors (Lipinski definition) is 2. The second kappa shape index (κ2) is 8.84. The van der Waals surface area contributed by atoms with Gasteiger partial charge in [-0.1, -0.05) is 0 Å². The van der Waals surface area contributed by atoms with E-state index in [1.165, 1.54) is 18.4 Å². The van der Waals surface area contributed by atoms with E-state index in [0.29, 0.717) is 31.6 Å². The van der Waals surface area contributed by atoms with Gasteiger partial charge in [0.05, 0.1) is 7.11 Å². The molecule has 0 aromatic carbocycles. The Balaban J connectivity index is 0.00000289. The molecule has 0 bridgehead atoms. The summed E-state index contributed by atoms with van der Waals surface area (Å²) < 4.78 is 4.48. The van der Waals surface area contributed by atoms with Crippen LogP contribution in [0.4, 0.5) is 0 Å². The predicted molar refractivity (Wildman–Crippen MR) is 70.8 cm³/mol. The smallest absolute Gasteiger partial charge is 0.305 e. The number of hydrogen-bond acceptors (Lipinski definition) is 6. The Hall–Kier alpha value is -1.18. The number of carbonyl (C=O) groups excluding carboxylic acids is 2. The molecule has 102 valence electrons. The van der Waals surface area contributed by atoms with Crippen LogP contribution < -0.4 is 11.1 Å². The van der Waals surface area contributed by atoms with Crippen molar-refractivity contribution < 1.29 is 14.3 Å². The zero-order chi connectivity index (χ0) is 12.7. The molecule has 0 atom stereocenters. The van der Waals surface area contributed by atoms with Gasteiger partial charge in [0.2, 0.25) is 0 Å². The van der Waals surface area contributed by atoms with Crippen molar-refractivity contribution in [2.75, 3.05) is 13.7 Å². The van der Waals surface area contributed by atoms with E-state index < -0.39 is 0 Å². The maximum atomic E-state index is 11.6. The largest absolute Gasteiger partial charge is 0.469 e. The zero-order valence-electron chi connectivity index (χ0n) is 9.97. The molecule has 8 heteroatoms. The van der Waals surface area contributed by atoms with Crippen LogP contribution in [0.1, 0.15) is 28.3 Å². The minimum atomic E-state index is -0.279. The van der Waals surface area contributed by atoms with E-state index >= 15 is 0 Å². The summed E-state index contributed by atoms with van der Waals surface area (Å²) in [6, 6.07) is 0. The molecule has 0 unspecified atom stereocenters. The molecule has 0 aliphatic rings. The number of halogens is 1. The van der Waals surface area contributed by atoms with E-state index in [2.05, 4.69) is 15.0 Å². The lowest BCUT2D eigenvalue weighted by Crippen LogP contribution is -2.25. The van der Waals surface area contributed by atoms with Gasteiger partial charge in [0.25, 0.3) is 5.91 Å². The summed E-state index contributed by atoms with van der Waals surface area (Å²) in [5.41, 5.74) is 5.77. The van der Waals surface area contributed by atoms with E-state index in [4.69, 9.17) is 5.73 Å². The molecule has 0 aliphatic carbocycles. The number of nitrogens with one attached hydrogen (secondary N) is 1. The lowest BCUT2D eigenvalue weighted by atomic mass is 10.3. The quantitative estimate of drug-likeness (QED) is 0.595. The predicted octanol–water partition coefficient (Wildman–Crippen LogP) is 0.707. The highest BCUT2D eigenvalue weighted by molar-refractivity contribution is 7.09. The first kappa shape index (κ1) is 16.8. The van der Waals surface area contributed by atoms with Crippen molar-refractivity contribution in [3.63, 3.8) is 0 Å². The van der Waals surface area contributed by atoms with Gasteiger partial charge in [0, 0.05) is 24.9 Å². The number of nitrogens with zero attached hydrogens (tertiary/aromatic N) is 1. The van der Waals surface area contributed by atoms with Gasteiger partial charge in [-0.25, -0.2) is 4.98 Å². The first-order chi connectivity index (χ1) is 8.17.